The summed E-state index contributed by atoms with van der Waals surface area (Å²) in [6, 6.07) is 13.4. The number of halogens is 1. The summed E-state index contributed by atoms with van der Waals surface area (Å²) in [5, 5.41) is 15.3. The Morgan fingerprint density at radius 1 is 1.03 bits per heavy atom. The van der Waals surface area contributed by atoms with Gasteiger partial charge in [0, 0.05) is 24.2 Å². The summed E-state index contributed by atoms with van der Waals surface area (Å²) >= 11 is 1.49. The number of hydrogen-bond donors (Lipinski definition) is 0. The van der Waals surface area contributed by atoms with E-state index in [0.29, 0.717) is 17.9 Å². The Kier molecular flexibility index (Phi) is 4.40. The van der Waals surface area contributed by atoms with Gasteiger partial charge in [0.05, 0.1) is 28.1 Å². The molecule has 0 radical (unpaired) electrons. The maximum atomic E-state index is 14.0. The summed E-state index contributed by atoms with van der Waals surface area (Å²) in [6.45, 7) is 2.06. The van der Waals surface area contributed by atoms with Gasteiger partial charge in [-0.1, -0.05) is 12.1 Å². The monoisotopic (exact) mass is 457 g/mol. The van der Waals surface area contributed by atoms with Crippen molar-refractivity contribution in [2.75, 3.05) is 0 Å². The lowest BCUT2D eigenvalue weighted by molar-refractivity contribution is 0.571. The Hall–Kier alpha value is -4.18. The van der Waals surface area contributed by atoms with Crippen LogP contribution >= 0.6 is 11.3 Å². The molecule has 0 fully saturated rings. The lowest BCUT2D eigenvalue weighted by Crippen LogP contribution is -2.18. The Labute approximate surface area is 190 Å². The molecule has 10 heteroatoms. The van der Waals surface area contributed by atoms with Crippen LogP contribution in [-0.2, 0) is 6.54 Å². The minimum Gasteiger partial charge on any atom is -0.265 e. The third kappa shape index (κ3) is 3.14. The first-order valence-electron chi connectivity index (χ1n) is 10.2. The summed E-state index contributed by atoms with van der Waals surface area (Å²) in [7, 11) is 0. The molecule has 33 heavy (non-hydrogen) atoms. The predicted octanol–water partition coefficient (Wildman–Crippen LogP) is 3.83. The summed E-state index contributed by atoms with van der Waals surface area (Å²) in [4.78, 5) is 16.9. The molecule has 0 amide bonds. The zero-order valence-electron chi connectivity index (χ0n) is 17.4. The van der Waals surface area contributed by atoms with Gasteiger partial charge in [0.25, 0.3) is 0 Å². The molecule has 2 aliphatic heterocycles. The lowest BCUT2D eigenvalue weighted by Gasteiger charge is -2.10. The molecule has 0 saturated heterocycles. The van der Waals surface area contributed by atoms with E-state index in [0.717, 1.165) is 21.5 Å². The summed E-state index contributed by atoms with van der Waals surface area (Å²) in [6.07, 6.45) is 4.95. The second-order valence-corrected chi connectivity index (χ2v) is 8.49. The highest BCUT2D eigenvalue weighted by Crippen LogP contribution is 2.31. The molecule has 4 aromatic rings. The van der Waals surface area contributed by atoms with E-state index in [1.165, 1.54) is 22.2 Å². The Balaban J connectivity index is 1.46. The third-order valence-corrected chi connectivity index (χ3v) is 6.47. The van der Waals surface area contributed by atoms with E-state index in [4.69, 9.17) is 0 Å². The van der Waals surface area contributed by atoms with E-state index in [-0.39, 0.29) is 11.3 Å². The van der Waals surface area contributed by atoms with Crippen LogP contribution in [0.25, 0.3) is 33.0 Å². The van der Waals surface area contributed by atoms with Crippen LogP contribution in [0.2, 0.25) is 0 Å². The molecule has 2 aliphatic rings. The number of benzene rings is 1. The largest absolute Gasteiger partial charge is 0.301 e. The number of rotatable bonds is 4. The van der Waals surface area contributed by atoms with E-state index in [1.54, 1.807) is 23.9 Å². The van der Waals surface area contributed by atoms with E-state index in [2.05, 4.69) is 20.3 Å². The minimum atomic E-state index is -0.630. The zero-order chi connectivity index (χ0) is 22.5. The minimum absolute atomic E-state index is 0.245. The van der Waals surface area contributed by atoms with Crippen molar-refractivity contribution in [3.05, 3.63) is 93.9 Å². The molecule has 0 unspecified atom stereocenters. The normalized spacial score (nSPS) is 11.6. The predicted molar refractivity (Wildman–Crippen MR) is 123 cm³/mol. The number of aromatic nitrogens is 7. The van der Waals surface area contributed by atoms with E-state index in [1.807, 2.05) is 52.7 Å². The molecule has 0 bridgehead atoms. The molecule has 0 spiro atoms. The quantitative estimate of drug-likeness (QED) is 0.376. The van der Waals surface area contributed by atoms with Crippen LogP contribution in [0.4, 0.5) is 4.39 Å². The zero-order valence-corrected chi connectivity index (χ0v) is 18.2. The Morgan fingerprint density at radius 3 is 2.67 bits per heavy atom. The summed E-state index contributed by atoms with van der Waals surface area (Å²) < 4.78 is 19.7. The molecule has 1 aromatic carbocycles. The van der Waals surface area contributed by atoms with Crippen LogP contribution in [-0.4, -0.2) is 34.3 Å². The number of pyridine rings is 1. The molecular weight excluding hydrogens is 441 g/mol. The van der Waals surface area contributed by atoms with Gasteiger partial charge in [-0.2, -0.15) is 24.4 Å². The first kappa shape index (κ1) is 19.5. The van der Waals surface area contributed by atoms with Gasteiger partial charge in [-0.05, 0) is 48.2 Å². The number of fused-ring (bicyclic) bond motifs is 3. The van der Waals surface area contributed by atoms with Crippen molar-refractivity contribution in [3.63, 3.8) is 0 Å². The second kappa shape index (κ2) is 7.45. The molecule has 0 aliphatic carbocycles. The van der Waals surface area contributed by atoms with Crippen molar-refractivity contribution < 1.29 is 4.39 Å². The van der Waals surface area contributed by atoms with Crippen LogP contribution in [0.5, 0.6) is 0 Å². The molecule has 6 rings (SSSR count). The highest BCUT2D eigenvalue weighted by molar-refractivity contribution is 7.17. The number of hydrogen-bond acceptors (Lipinski definition) is 6. The van der Waals surface area contributed by atoms with Gasteiger partial charge in [-0.25, -0.2) is 9.67 Å². The Morgan fingerprint density at radius 2 is 1.88 bits per heavy atom. The SMILES string of the molecule is Cc1c(-n2nc3c4sccc4n(Cc4ccc(-n5cccn5)cc4)nc-3c2=O)ccnc1F. The van der Waals surface area contributed by atoms with Crippen molar-refractivity contribution in [2.45, 2.75) is 13.5 Å². The molecule has 0 saturated carbocycles. The van der Waals surface area contributed by atoms with Gasteiger partial charge in [-0.3, -0.25) is 9.48 Å². The van der Waals surface area contributed by atoms with Crippen LogP contribution < -0.4 is 5.56 Å². The Bertz CT molecular complexity index is 1630. The highest BCUT2D eigenvalue weighted by Gasteiger charge is 2.24. The fourth-order valence-corrected chi connectivity index (χ4v) is 4.73. The molecule has 0 atom stereocenters. The number of nitrogens with zero attached hydrogens (tertiary/aromatic N) is 7. The van der Waals surface area contributed by atoms with Gasteiger partial charge in [-0.15, -0.1) is 11.3 Å². The molecular formula is C23H16FN7OS. The van der Waals surface area contributed by atoms with Crippen LogP contribution in [0.15, 0.2) is 71.2 Å². The van der Waals surface area contributed by atoms with Gasteiger partial charge in [0.2, 0.25) is 5.95 Å². The topological polar surface area (TPSA) is 83.4 Å². The van der Waals surface area contributed by atoms with Crippen molar-refractivity contribution in [1.29, 1.82) is 0 Å². The maximum absolute atomic E-state index is 14.0. The maximum Gasteiger partial charge on any atom is 0.301 e. The average molecular weight is 457 g/mol. The van der Waals surface area contributed by atoms with E-state index < -0.39 is 11.5 Å². The highest BCUT2D eigenvalue weighted by atomic mass is 32.1. The fourth-order valence-electron chi connectivity index (χ4n) is 3.86. The smallest absolute Gasteiger partial charge is 0.265 e. The number of thiophene rings is 1. The summed E-state index contributed by atoms with van der Waals surface area (Å²) in [5.74, 6) is -0.630. The standard InChI is InChI=1S/C23H16FN7OS/c1-14-17(7-10-25-22(14)24)31-23(32)20-19(28-31)21-18(8-12-33-21)30(27-20)13-15-3-5-16(6-4-15)29-11-2-9-26-29/h2-12H,13H2,1H3. The molecule has 5 heterocycles. The van der Waals surface area contributed by atoms with Crippen LogP contribution in [0.3, 0.4) is 0 Å². The molecule has 3 aromatic heterocycles. The lowest BCUT2D eigenvalue weighted by atomic mass is 10.2. The van der Waals surface area contributed by atoms with Crippen molar-refractivity contribution in [1.82, 2.24) is 34.3 Å². The molecule has 162 valence electrons. The second-order valence-electron chi connectivity index (χ2n) is 7.57. The molecule has 0 N–H and O–H groups in total. The third-order valence-electron chi connectivity index (χ3n) is 5.56. The van der Waals surface area contributed by atoms with Gasteiger partial charge < -0.3 is 0 Å². The van der Waals surface area contributed by atoms with Crippen molar-refractivity contribution >= 4 is 21.6 Å². The first-order valence-corrected chi connectivity index (χ1v) is 11.1. The van der Waals surface area contributed by atoms with E-state index in [9.17, 15) is 9.18 Å². The molecule has 8 nitrogen and oxygen atoms in total. The van der Waals surface area contributed by atoms with Gasteiger partial charge >= 0.3 is 5.56 Å². The average Bonchev–Trinajstić information content (AvgIpc) is 3.58. The fraction of sp³-hybridized carbons (Fsp3) is 0.0870. The van der Waals surface area contributed by atoms with Crippen LogP contribution in [0, 0.1) is 12.9 Å². The van der Waals surface area contributed by atoms with Gasteiger partial charge in [0.1, 0.15) is 5.69 Å². The van der Waals surface area contributed by atoms with Crippen molar-refractivity contribution in [3.8, 4) is 22.8 Å². The van der Waals surface area contributed by atoms with Gasteiger partial charge in [0.15, 0.2) is 5.69 Å². The van der Waals surface area contributed by atoms with E-state index >= 15 is 0 Å². The first-order chi connectivity index (χ1) is 16.1. The summed E-state index contributed by atoms with van der Waals surface area (Å²) in [5.41, 5.74) is 3.85. The van der Waals surface area contributed by atoms with Crippen molar-refractivity contribution in [2.24, 2.45) is 0 Å². The van der Waals surface area contributed by atoms with Crippen LogP contribution in [0.1, 0.15) is 11.1 Å².